The zero-order valence-electron chi connectivity index (χ0n) is 10.1. The third-order valence-corrected chi connectivity index (χ3v) is 2.76. The van der Waals surface area contributed by atoms with Crippen molar-refractivity contribution in [2.45, 2.75) is 0 Å². The Morgan fingerprint density at radius 3 is 2.42 bits per heavy atom. The Morgan fingerprint density at radius 1 is 0.895 bits per heavy atom. The van der Waals surface area contributed by atoms with Gasteiger partial charge < -0.3 is 5.11 Å². The molecule has 3 aromatic rings. The number of aromatic nitrogens is 1. The molecule has 0 aliphatic heterocycles. The average molecular weight is 249 g/mol. The molecule has 0 aliphatic carbocycles. The second kappa shape index (κ2) is 4.86. The van der Waals surface area contributed by atoms with Crippen molar-refractivity contribution in [2.24, 2.45) is 10.2 Å². The first-order chi connectivity index (χ1) is 9.33. The third kappa shape index (κ3) is 2.42. The first-order valence-electron chi connectivity index (χ1n) is 5.86. The smallest absolute Gasteiger partial charge is 0.143 e. The van der Waals surface area contributed by atoms with Gasteiger partial charge in [0.2, 0.25) is 0 Å². The van der Waals surface area contributed by atoms with Crippen molar-refractivity contribution in [2.75, 3.05) is 0 Å². The molecular formula is C15H11N3O. The number of hydrogen-bond acceptors (Lipinski definition) is 4. The normalized spacial score (nSPS) is 11.2. The Labute approximate surface area is 110 Å². The average Bonchev–Trinajstić information content (AvgIpc) is 2.46. The Kier molecular flexibility index (Phi) is 2.90. The van der Waals surface area contributed by atoms with Crippen molar-refractivity contribution in [1.82, 2.24) is 4.98 Å². The quantitative estimate of drug-likeness (QED) is 0.686. The summed E-state index contributed by atoms with van der Waals surface area (Å²) in [6, 6.07) is 14.9. The molecule has 19 heavy (non-hydrogen) atoms. The molecule has 4 heteroatoms. The lowest BCUT2D eigenvalue weighted by molar-refractivity contribution is 0.477. The van der Waals surface area contributed by atoms with Gasteiger partial charge >= 0.3 is 0 Å². The van der Waals surface area contributed by atoms with Crippen LogP contribution in [0.15, 0.2) is 71.2 Å². The molecule has 0 aliphatic rings. The van der Waals surface area contributed by atoms with Crippen molar-refractivity contribution in [3.63, 3.8) is 0 Å². The third-order valence-electron chi connectivity index (χ3n) is 2.76. The highest BCUT2D eigenvalue weighted by Crippen LogP contribution is 2.32. The van der Waals surface area contributed by atoms with Crippen LogP contribution in [0.2, 0.25) is 0 Å². The molecule has 0 atom stereocenters. The molecule has 0 saturated heterocycles. The van der Waals surface area contributed by atoms with E-state index in [0.29, 0.717) is 11.4 Å². The van der Waals surface area contributed by atoms with Gasteiger partial charge in [-0.05, 0) is 35.0 Å². The minimum atomic E-state index is 0.117. The molecule has 92 valence electrons. The molecule has 4 nitrogen and oxygen atoms in total. The lowest BCUT2D eigenvalue weighted by Gasteiger charge is -2.01. The predicted molar refractivity (Wildman–Crippen MR) is 74.0 cm³/mol. The standard InChI is InChI=1S/C15H11N3O/c19-15-9-12-5-2-1-4-11(12)8-14(15)18-17-13-6-3-7-16-10-13/h1-10,19H. The number of aromatic hydroxyl groups is 1. The molecule has 0 unspecified atom stereocenters. The number of nitrogens with zero attached hydrogens (tertiary/aromatic N) is 3. The molecule has 1 heterocycles. The van der Waals surface area contributed by atoms with Gasteiger partial charge in [-0.3, -0.25) is 4.98 Å². The molecule has 1 N–H and O–H groups in total. The van der Waals surface area contributed by atoms with Crippen LogP contribution in [0, 0.1) is 0 Å². The molecule has 2 aromatic carbocycles. The second-order valence-electron chi connectivity index (χ2n) is 4.10. The lowest BCUT2D eigenvalue weighted by Crippen LogP contribution is -1.73. The monoisotopic (exact) mass is 249 g/mol. The van der Waals surface area contributed by atoms with Gasteiger partial charge in [-0.2, -0.15) is 0 Å². The van der Waals surface area contributed by atoms with Gasteiger partial charge in [0.1, 0.15) is 17.1 Å². The van der Waals surface area contributed by atoms with Gasteiger partial charge in [0.25, 0.3) is 0 Å². The van der Waals surface area contributed by atoms with E-state index in [0.717, 1.165) is 10.8 Å². The van der Waals surface area contributed by atoms with E-state index in [2.05, 4.69) is 15.2 Å². The molecule has 0 saturated carbocycles. The lowest BCUT2D eigenvalue weighted by atomic mass is 10.1. The number of pyridine rings is 1. The van der Waals surface area contributed by atoms with E-state index in [1.807, 2.05) is 30.3 Å². The highest BCUT2D eigenvalue weighted by Gasteiger charge is 2.02. The van der Waals surface area contributed by atoms with Crippen LogP contribution in [-0.2, 0) is 0 Å². The number of phenolic OH excluding ortho intramolecular Hbond substituents is 1. The summed E-state index contributed by atoms with van der Waals surface area (Å²) in [5.74, 6) is 0.117. The first-order valence-corrected chi connectivity index (χ1v) is 5.86. The van der Waals surface area contributed by atoms with E-state index in [1.165, 1.54) is 0 Å². The molecule has 0 spiro atoms. The van der Waals surface area contributed by atoms with E-state index in [4.69, 9.17) is 0 Å². The van der Waals surface area contributed by atoms with Gasteiger partial charge in [0.05, 0.1) is 6.20 Å². The summed E-state index contributed by atoms with van der Waals surface area (Å²) in [7, 11) is 0. The Hall–Kier alpha value is -2.75. The van der Waals surface area contributed by atoms with E-state index in [1.54, 1.807) is 30.6 Å². The van der Waals surface area contributed by atoms with Crippen LogP contribution in [0.25, 0.3) is 10.8 Å². The predicted octanol–water partition coefficient (Wildman–Crippen LogP) is 4.36. The largest absolute Gasteiger partial charge is 0.506 e. The summed E-state index contributed by atoms with van der Waals surface area (Å²) >= 11 is 0. The summed E-state index contributed by atoms with van der Waals surface area (Å²) in [5, 5.41) is 20.0. The fraction of sp³-hybridized carbons (Fsp3) is 0. The highest BCUT2D eigenvalue weighted by atomic mass is 16.3. The van der Waals surface area contributed by atoms with Crippen molar-refractivity contribution in [1.29, 1.82) is 0 Å². The van der Waals surface area contributed by atoms with E-state index in [-0.39, 0.29) is 5.75 Å². The van der Waals surface area contributed by atoms with E-state index < -0.39 is 0 Å². The van der Waals surface area contributed by atoms with Crippen LogP contribution < -0.4 is 0 Å². The molecule has 3 rings (SSSR count). The summed E-state index contributed by atoms with van der Waals surface area (Å²) in [4.78, 5) is 3.95. The maximum absolute atomic E-state index is 9.92. The number of benzene rings is 2. The molecule has 1 aromatic heterocycles. The fourth-order valence-electron chi connectivity index (χ4n) is 1.82. The van der Waals surface area contributed by atoms with Crippen LogP contribution in [0.5, 0.6) is 5.75 Å². The second-order valence-corrected chi connectivity index (χ2v) is 4.10. The van der Waals surface area contributed by atoms with E-state index in [9.17, 15) is 5.11 Å². The molecule has 0 radical (unpaired) electrons. The van der Waals surface area contributed by atoms with E-state index >= 15 is 0 Å². The van der Waals surface area contributed by atoms with Crippen molar-refractivity contribution < 1.29 is 5.11 Å². The fourth-order valence-corrected chi connectivity index (χ4v) is 1.82. The molecule has 0 fully saturated rings. The Bertz CT molecular complexity index is 739. The maximum Gasteiger partial charge on any atom is 0.143 e. The van der Waals surface area contributed by atoms with Crippen molar-refractivity contribution in [3.05, 3.63) is 60.9 Å². The summed E-state index contributed by atoms with van der Waals surface area (Å²) in [5.41, 5.74) is 1.10. The molecular weight excluding hydrogens is 238 g/mol. The highest BCUT2D eigenvalue weighted by molar-refractivity contribution is 5.87. The number of phenols is 1. The minimum Gasteiger partial charge on any atom is -0.506 e. The number of rotatable bonds is 2. The van der Waals surface area contributed by atoms with Gasteiger partial charge in [0.15, 0.2) is 0 Å². The van der Waals surface area contributed by atoms with Crippen LogP contribution in [0.1, 0.15) is 0 Å². The number of azo groups is 1. The van der Waals surface area contributed by atoms with Gasteiger partial charge in [-0.15, -0.1) is 10.2 Å². The Morgan fingerprint density at radius 2 is 1.68 bits per heavy atom. The minimum absolute atomic E-state index is 0.117. The zero-order valence-corrected chi connectivity index (χ0v) is 10.1. The maximum atomic E-state index is 9.92. The van der Waals surface area contributed by atoms with Gasteiger partial charge in [0, 0.05) is 6.20 Å². The topological polar surface area (TPSA) is 57.8 Å². The summed E-state index contributed by atoms with van der Waals surface area (Å²) in [6.07, 6.45) is 3.29. The van der Waals surface area contributed by atoms with Gasteiger partial charge in [-0.25, -0.2) is 0 Å². The van der Waals surface area contributed by atoms with Crippen molar-refractivity contribution in [3.8, 4) is 5.75 Å². The number of fused-ring (bicyclic) bond motifs is 1. The van der Waals surface area contributed by atoms with Crippen LogP contribution in [-0.4, -0.2) is 10.1 Å². The summed E-state index contributed by atoms with van der Waals surface area (Å²) in [6.45, 7) is 0. The van der Waals surface area contributed by atoms with Crippen LogP contribution in [0.3, 0.4) is 0 Å². The Balaban J connectivity index is 2.01. The van der Waals surface area contributed by atoms with Crippen LogP contribution >= 0.6 is 0 Å². The SMILES string of the molecule is Oc1cc2ccccc2cc1N=Nc1cccnc1. The molecule has 0 bridgehead atoms. The number of hydrogen-bond donors (Lipinski definition) is 1. The van der Waals surface area contributed by atoms with Crippen LogP contribution in [0.4, 0.5) is 11.4 Å². The molecule has 0 amide bonds. The first kappa shape index (κ1) is 11.3. The zero-order chi connectivity index (χ0) is 13.1. The summed E-state index contributed by atoms with van der Waals surface area (Å²) < 4.78 is 0. The van der Waals surface area contributed by atoms with Crippen molar-refractivity contribution >= 4 is 22.1 Å². The van der Waals surface area contributed by atoms with Gasteiger partial charge in [-0.1, -0.05) is 24.3 Å².